The van der Waals surface area contributed by atoms with Crippen molar-refractivity contribution < 1.29 is 26.4 Å². The van der Waals surface area contributed by atoms with Crippen LogP contribution in [0.15, 0.2) is 41.6 Å². The van der Waals surface area contributed by atoms with Gasteiger partial charge in [-0.05, 0) is 36.8 Å². The van der Waals surface area contributed by atoms with Crippen LogP contribution in [0.4, 0.5) is 29.3 Å². The van der Waals surface area contributed by atoms with Gasteiger partial charge in [0, 0.05) is 11.9 Å². The van der Waals surface area contributed by atoms with Gasteiger partial charge >= 0.3 is 12.2 Å². The summed E-state index contributed by atoms with van der Waals surface area (Å²) in [7, 11) is -3.47. The molecule has 0 unspecified atom stereocenters. The van der Waals surface area contributed by atoms with Gasteiger partial charge in [0.2, 0.25) is 0 Å². The highest BCUT2D eigenvalue weighted by Gasteiger charge is 2.32. The van der Waals surface area contributed by atoms with Crippen LogP contribution in [0.25, 0.3) is 0 Å². The Morgan fingerprint density at radius 3 is 2.20 bits per heavy atom. The molecule has 0 aliphatic heterocycles. The molecule has 2 aromatic rings. The Bertz CT molecular complexity index is 894. The van der Waals surface area contributed by atoms with Crippen LogP contribution in [-0.4, -0.2) is 25.7 Å². The number of amides is 2. The van der Waals surface area contributed by atoms with Gasteiger partial charge < -0.3 is 10.6 Å². The van der Waals surface area contributed by atoms with Crippen molar-refractivity contribution in [2.75, 3.05) is 16.9 Å². The van der Waals surface area contributed by atoms with Crippen LogP contribution >= 0.6 is 0 Å². The quantitative estimate of drug-likeness (QED) is 0.862. The standard InChI is InChI=1S/C15H14F3N3O3S/c1-9-3-4-10(7-12(9)15(16,17)18)20-14(22)21-11-5-6-13(19-8-11)25(2,23)24/h3-8H,1-2H3,(H2,20,21,22). The van der Waals surface area contributed by atoms with Crippen molar-refractivity contribution in [1.82, 2.24) is 4.98 Å². The summed E-state index contributed by atoms with van der Waals surface area (Å²) in [6.07, 6.45) is -2.40. The molecule has 0 bridgehead atoms. The third-order valence-electron chi connectivity index (χ3n) is 3.17. The molecule has 0 fully saturated rings. The number of urea groups is 1. The van der Waals surface area contributed by atoms with Gasteiger partial charge in [-0.3, -0.25) is 0 Å². The molecule has 1 aromatic carbocycles. The van der Waals surface area contributed by atoms with Crippen molar-refractivity contribution in [2.45, 2.75) is 18.1 Å². The number of hydrogen-bond acceptors (Lipinski definition) is 4. The smallest absolute Gasteiger partial charge is 0.308 e. The largest absolute Gasteiger partial charge is 0.416 e. The number of benzene rings is 1. The molecule has 134 valence electrons. The van der Waals surface area contributed by atoms with Gasteiger partial charge in [0.15, 0.2) is 14.9 Å². The van der Waals surface area contributed by atoms with Gasteiger partial charge in [-0.1, -0.05) is 6.07 Å². The van der Waals surface area contributed by atoms with E-state index < -0.39 is 27.6 Å². The zero-order valence-corrected chi connectivity index (χ0v) is 14.0. The van der Waals surface area contributed by atoms with Gasteiger partial charge in [0.1, 0.15) is 0 Å². The number of halogens is 3. The first-order valence-electron chi connectivity index (χ1n) is 6.89. The van der Waals surface area contributed by atoms with E-state index in [0.29, 0.717) is 0 Å². The van der Waals surface area contributed by atoms with Crippen molar-refractivity contribution in [3.05, 3.63) is 47.7 Å². The summed E-state index contributed by atoms with van der Waals surface area (Å²) >= 11 is 0. The van der Waals surface area contributed by atoms with E-state index in [2.05, 4.69) is 15.6 Å². The van der Waals surface area contributed by atoms with Crippen LogP contribution in [-0.2, 0) is 16.0 Å². The van der Waals surface area contributed by atoms with Crippen molar-refractivity contribution in [3.8, 4) is 0 Å². The molecule has 0 saturated heterocycles. The fourth-order valence-electron chi connectivity index (χ4n) is 1.97. The second kappa shape index (κ2) is 6.71. The lowest BCUT2D eigenvalue weighted by Gasteiger charge is -2.13. The van der Waals surface area contributed by atoms with E-state index in [4.69, 9.17) is 0 Å². The average molecular weight is 373 g/mol. The first-order chi connectivity index (χ1) is 11.5. The number of aryl methyl sites for hydroxylation is 1. The summed E-state index contributed by atoms with van der Waals surface area (Å²) in [6.45, 7) is 1.32. The second-order valence-corrected chi connectivity index (χ2v) is 7.23. The van der Waals surface area contributed by atoms with E-state index in [-0.39, 0.29) is 22.0 Å². The van der Waals surface area contributed by atoms with Crippen LogP contribution in [0.3, 0.4) is 0 Å². The second-order valence-electron chi connectivity index (χ2n) is 5.26. The molecule has 25 heavy (non-hydrogen) atoms. The molecule has 6 nitrogen and oxygen atoms in total. The number of carbonyl (C=O) groups excluding carboxylic acids is 1. The topological polar surface area (TPSA) is 88.2 Å². The molecule has 10 heteroatoms. The molecule has 2 amide bonds. The molecular formula is C15H14F3N3O3S. The van der Waals surface area contributed by atoms with Crippen LogP contribution in [0, 0.1) is 6.92 Å². The fourth-order valence-corrected chi connectivity index (χ4v) is 2.53. The van der Waals surface area contributed by atoms with E-state index in [9.17, 15) is 26.4 Å². The molecule has 0 atom stereocenters. The SMILES string of the molecule is Cc1ccc(NC(=O)Nc2ccc(S(C)(=O)=O)nc2)cc1C(F)(F)F. The fraction of sp³-hybridized carbons (Fsp3) is 0.200. The summed E-state index contributed by atoms with van der Waals surface area (Å²) in [5.74, 6) is 0. The zero-order chi connectivity index (χ0) is 18.8. The Balaban J connectivity index is 2.10. The average Bonchev–Trinajstić information content (AvgIpc) is 2.47. The van der Waals surface area contributed by atoms with E-state index in [1.54, 1.807) is 0 Å². The summed E-state index contributed by atoms with van der Waals surface area (Å²) in [5, 5.41) is 4.47. The molecule has 0 spiro atoms. The summed E-state index contributed by atoms with van der Waals surface area (Å²) in [4.78, 5) is 15.5. The number of nitrogens with one attached hydrogen (secondary N) is 2. The van der Waals surface area contributed by atoms with Crippen LogP contribution in [0.1, 0.15) is 11.1 Å². The Labute approximate surface area is 142 Å². The minimum atomic E-state index is -4.52. The lowest BCUT2D eigenvalue weighted by Crippen LogP contribution is -2.20. The maximum atomic E-state index is 12.9. The van der Waals surface area contributed by atoms with Crippen LogP contribution in [0.5, 0.6) is 0 Å². The van der Waals surface area contributed by atoms with Gasteiger partial charge in [0.05, 0.1) is 17.4 Å². The van der Waals surface area contributed by atoms with Crippen LogP contribution in [0.2, 0.25) is 0 Å². The predicted molar refractivity (Wildman–Crippen MR) is 86.2 cm³/mol. The van der Waals surface area contributed by atoms with Gasteiger partial charge in [-0.25, -0.2) is 18.2 Å². The van der Waals surface area contributed by atoms with Gasteiger partial charge in [0.25, 0.3) is 0 Å². The number of hydrogen-bond donors (Lipinski definition) is 2. The first-order valence-corrected chi connectivity index (χ1v) is 8.78. The summed E-state index contributed by atoms with van der Waals surface area (Å²) in [6, 6.07) is 5.17. The van der Waals surface area contributed by atoms with Crippen LogP contribution < -0.4 is 10.6 Å². The Morgan fingerprint density at radius 1 is 1.08 bits per heavy atom. The maximum Gasteiger partial charge on any atom is 0.416 e. The van der Waals surface area contributed by atoms with Crippen molar-refractivity contribution in [1.29, 1.82) is 0 Å². The molecule has 2 N–H and O–H groups in total. The molecule has 1 heterocycles. The minimum Gasteiger partial charge on any atom is -0.308 e. The zero-order valence-electron chi connectivity index (χ0n) is 13.2. The Hall–Kier alpha value is -2.62. The highest BCUT2D eigenvalue weighted by atomic mass is 32.2. The lowest BCUT2D eigenvalue weighted by atomic mass is 10.1. The van der Waals surface area contributed by atoms with Crippen molar-refractivity contribution in [3.63, 3.8) is 0 Å². The summed E-state index contributed by atoms with van der Waals surface area (Å²) < 4.78 is 61.2. The van der Waals surface area contributed by atoms with E-state index in [0.717, 1.165) is 18.5 Å². The first kappa shape index (κ1) is 18.7. The minimum absolute atomic E-state index is 0.0314. The molecular weight excluding hydrogens is 359 g/mol. The highest BCUT2D eigenvalue weighted by Crippen LogP contribution is 2.33. The van der Waals surface area contributed by atoms with Crippen molar-refractivity contribution >= 4 is 27.2 Å². The number of aromatic nitrogens is 1. The maximum absolute atomic E-state index is 12.9. The summed E-state index contributed by atoms with van der Waals surface area (Å²) in [5.41, 5.74) is -0.646. The molecule has 1 aromatic heterocycles. The molecule has 2 rings (SSSR count). The van der Waals surface area contributed by atoms with Gasteiger partial charge in [-0.15, -0.1) is 0 Å². The number of anilines is 2. The van der Waals surface area contributed by atoms with Gasteiger partial charge in [-0.2, -0.15) is 13.2 Å². The van der Waals surface area contributed by atoms with E-state index >= 15 is 0 Å². The molecule has 0 saturated carbocycles. The van der Waals surface area contributed by atoms with Crippen molar-refractivity contribution in [2.24, 2.45) is 0 Å². The Kier molecular flexibility index (Phi) is 5.02. The normalized spacial score (nSPS) is 11.9. The molecule has 0 aliphatic carbocycles. The lowest BCUT2D eigenvalue weighted by molar-refractivity contribution is -0.138. The highest BCUT2D eigenvalue weighted by molar-refractivity contribution is 7.90. The van der Waals surface area contributed by atoms with E-state index in [1.807, 2.05) is 0 Å². The Morgan fingerprint density at radius 2 is 1.68 bits per heavy atom. The number of pyridine rings is 1. The number of rotatable bonds is 3. The number of sulfone groups is 1. The predicted octanol–water partition coefficient (Wildman–Crippen LogP) is 3.46. The van der Waals surface area contributed by atoms with E-state index in [1.165, 1.54) is 31.2 Å². The molecule has 0 radical (unpaired) electrons. The number of carbonyl (C=O) groups is 1. The number of nitrogens with zero attached hydrogens (tertiary/aromatic N) is 1. The monoisotopic (exact) mass is 373 g/mol. The third kappa shape index (κ3) is 4.92. The number of alkyl halides is 3. The third-order valence-corrected chi connectivity index (χ3v) is 4.18. The molecule has 0 aliphatic rings.